The van der Waals surface area contributed by atoms with Gasteiger partial charge in [-0.05, 0) is 45.8 Å². The number of methoxy groups -OCH3 is 1. The first-order valence-corrected chi connectivity index (χ1v) is 8.01. The van der Waals surface area contributed by atoms with Gasteiger partial charge in [-0.25, -0.2) is 9.37 Å². The van der Waals surface area contributed by atoms with E-state index in [1.54, 1.807) is 19.2 Å². The fraction of sp³-hybridized carbons (Fsp3) is 0.111. The van der Waals surface area contributed by atoms with Crippen LogP contribution in [0.15, 0.2) is 64.1 Å². The molecule has 0 spiro atoms. The fourth-order valence-corrected chi connectivity index (χ4v) is 2.94. The van der Waals surface area contributed by atoms with E-state index < -0.39 is 0 Å². The fourth-order valence-electron chi connectivity index (χ4n) is 2.38. The van der Waals surface area contributed by atoms with Crippen LogP contribution >= 0.6 is 15.9 Å². The highest BCUT2D eigenvalue weighted by molar-refractivity contribution is 9.10. The van der Waals surface area contributed by atoms with Crippen molar-refractivity contribution >= 4 is 15.9 Å². The maximum atomic E-state index is 13.3. The van der Waals surface area contributed by atoms with Crippen molar-refractivity contribution < 1.29 is 9.13 Å². The molecule has 6 heteroatoms. The summed E-state index contributed by atoms with van der Waals surface area (Å²) >= 11 is 3.33. The lowest BCUT2D eigenvalue weighted by atomic mass is 10.1. The van der Waals surface area contributed by atoms with Crippen molar-refractivity contribution in [2.45, 2.75) is 6.54 Å². The molecule has 0 saturated carbocycles. The van der Waals surface area contributed by atoms with Gasteiger partial charge >= 0.3 is 0 Å². The first kappa shape index (κ1) is 16.4. The number of ether oxygens (including phenoxy) is 1. The molecule has 0 fully saturated rings. The molecule has 0 saturated heterocycles. The van der Waals surface area contributed by atoms with Crippen LogP contribution in [0.2, 0.25) is 0 Å². The largest absolute Gasteiger partial charge is 0.497 e. The predicted octanol–water partition coefficient (Wildman–Crippen LogP) is 3.87. The van der Waals surface area contributed by atoms with Gasteiger partial charge in [-0.1, -0.05) is 24.3 Å². The third kappa shape index (κ3) is 3.38. The standard InChI is InChI=1S/C18H14BrFN2O2/c1-24-15-7-3-5-13(9-15)17-16(19)18(23)22(11-21-17)10-12-4-2-6-14(20)8-12/h2-9,11H,10H2,1H3. The van der Waals surface area contributed by atoms with Gasteiger partial charge in [-0.2, -0.15) is 0 Å². The normalized spacial score (nSPS) is 10.6. The summed E-state index contributed by atoms with van der Waals surface area (Å²) in [7, 11) is 1.58. The first-order chi connectivity index (χ1) is 11.6. The van der Waals surface area contributed by atoms with Crippen molar-refractivity contribution in [3.05, 3.63) is 81.1 Å². The molecule has 0 atom stereocenters. The lowest BCUT2D eigenvalue weighted by molar-refractivity contribution is 0.415. The molecule has 0 aliphatic carbocycles. The van der Waals surface area contributed by atoms with Crippen LogP contribution in [-0.4, -0.2) is 16.7 Å². The second kappa shape index (κ2) is 6.97. The Balaban J connectivity index is 1.98. The van der Waals surface area contributed by atoms with E-state index in [1.807, 2.05) is 24.3 Å². The molecule has 0 unspecified atom stereocenters. The second-order valence-corrected chi connectivity index (χ2v) is 6.00. The van der Waals surface area contributed by atoms with Gasteiger partial charge in [0, 0.05) is 5.56 Å². The Kier molecular flexibility index (Phi) is 4.76. The molecule has 0 radical (unpaired) electrons. The number of nitrogens with zero attached hydrogens (tertiary/aromatic N) is 2. The molecule has 122 valence electrons. The lowest BCUT2D eigenvalue weighted by Gasteiger charge is -2.10. The average molecular weight is 389 g/mol. The molecule has 1 aromatic heterocycles. The molecule has 0 bridgehead atoms. The molecule has 0 amide bonds. The smallest absolute Gasteiger partial charge is 0.268 e. The predicted molar refractivity (Wildman–Crippen MR) is 93.7 cm³/mol. The Hall–Kier alpha value is -2.47. The van der Waals surface area contributed by atoms with Gasteiger partial charge in [0.25, 0.3) is 5.56 Å². The van der Waals surface area contributed by atoms with Crippen LogP contribution < -0.4 is 10.3 Å². The quantitative estimate of drug-likeness (QED) is 0.681. The van der Waals surface area contributed by atoms with Gasteiger partial charge in [0.2, 0.25) is 0 Å². The highest BCUT2D eigenvalue weighted by atomic mass is 79.9. The van der Waals surface area contributed by atoms with Gasteiger partial charge in [0.1, 0.15) is 16.0 Å². The summed E-state index contributed by atoms with van der Waals surface area (Å²) in [6.07, 6.45) is 1.47. The van der Waals surface area contributed by atoms with Crippen LogP contribution in [0.3, 0.4) is 0 Å². The Morgan fingerprint density at radius 1 is 1.21 bits per heavy atom. The van der Waals surface area contributed by atoms with Gasteiger partial charge < -0.3 is 4.74 Å². The number of hydrogen-bond acceptors (Lipinski definition) is 3. The van der Waals surface area contributed by atoms with Crippen LogP contribution in [0.5, 0.6) is 5.75 Å². The highest BCUT2D eigenvalue weighted by Crippen LogP contribution is 2.26. The van der Waals surface area contributed by atoms with Crippen molar-refractivity contribution in [3.63, 3.8) is 0 Å². The first-order valence-electron chi connectivity index (χ1n) is 7.22. The third-order valence-electron chi connectivity index (χ3n) is 3.57. The molecular formula is C18H14BrFN2O2. The minimum atomic E-state index is -0.333. The molecule has 0 N–H and O–H groups in total. The van der Waals surface area contributed by atoms with E-state index in [2.05, 4.69) is 20.9 Å². The summed E-state index contributed by atoms with van der Waals surface area (Å²) in [4.78, 5) is 16.9. The Morgan fingerprint density at radius 2 is 2.00 bits per heavy atom. The molecule has 2 aromatic carbocycles. The number of hydrogen-bond donors (Lipinski definition) is 0. The minimum Gasteiger partial charge on any atom is -0.497 e. The summed E-state index contributed by atoms with van der Waals surface area (Å²) in [5, 5.41) is 0. The van der Waals surface area contributed by atoms with Crippen molar-refractivity contribution in [2.24, 2.45) is 0 Å². The highest BCUT2D eigenvalue weighted by Gasteiger charge is 2.12. The summed E-state index contributed by atoms with van der Waals surface area (Å²) in [5.74, 6) is 0.353. The molecule has 24 heavy (non-hydrogen) atoms. The van der Waals surface area contributed by atoms with Crippen molar-refractivity contribution in [1.29, 1.82) is 0 Å². The van der Waals surface area contributed by atoms with E-state index in [1.165, 1.54) is 23.0 Å². The van der Waals surface area contributed by atoms with Crippen molar-refractivity contribution in [1.82, 2.24) is 9.55 Å². The number of benzene rings is 2. The van der Waals surface area contributed by atoms with Crippen molar-refractivity contribution in [3.8, 4) is 17.0 Å². The van der Waals surface area contributed by atoms with Crippen LogP contribution in [0.4, 0.5) is 4.39 Å². The minimum absolute atomic E-state index is 0.230. The zero-order chi connectivity index (χ0) is 17.1. The van der Waals surface area contributed by atoms with E-state index in [0.717, 1.165) is 5.56 Å². The van der Waals surface area contributed by atoms with Crippen LogP contribution in [0.25, 0.3) is 11.3 Å². The monoisotopic (exact) mass is 388 g/mol. The van der Waals surface area contributed by atoms with E-state index in [9.17, 15) is 9.18 Å². The number of halogens is 2. The van der Waals surface area contributed by atoms with E-state index in [4.69, 9.17) is 4.74 Å². The molecule has 0 aliphatic heterocycles. The average Bonchev–Trinajstić information content (AvgIpc) is 2.59. The second-order valence-electron chi connectivity index (χ2n) is 5.20. The maximum absolute atomic E-state index is 13.3. The van der Waals surface area contributed by atoms with Gasteiger partial charge in [0.05, 0.1) is 25.7 Å². The zero-order valence-electron chi connectivity index (χ0n) is 12.9. The summed E-state index contributed by atoms with van der Waals surface area (Å²) in [6, 6.07) is 13.5. The Morgan fingerprint density at radius 3 is 2.75 bits per heavy atom. The van der Waals surface area contributed by atoms with Gasteiger partial charge in [-0.3, -0.25) is 9.36 Å². The van der Waals surface area contributed by atoms with Crippen molar-refractivity contribution in [2.75, 3.05) is 7.11 Å². The molecule has 1 heterocycles. The Labute approximate surface area is 146 Å². The van der Waals surface area contributed by atoms with Gasteiger partial charge in [0.15, 0.2) is 0 Å². The molecule has 4 nitrogen and oxygen atoms in total. The third-order valence-corrected chi connectivity index (χ3v) is 4.28. The number of rotatable bonds is 4. The van der Waals surface area contributed by atoms with Crippen LogP contribution in [-0.2, 0) is 6.54 Å². The molecule has 0 aliphatic rings. The van der Waals surface area contributed by atoms with E-state index >= 15 is 0 Å². The zero-order valence-corrected chi connectivity index (χ0v) is 14.5. The van der Waals surface area contributed by atoms with E-state index in [0.29, 0.717) is 21.5 Å². The molecule has 3 aromatic rings. The number of aromatic nitrogens is 2. The van der Waals surface area contributed by atoms with Crippen LogP contribution in [0, 0.1) is 5.82 Å². The van der Waals surface area contributed by atoms with Gasteiger partial charge in [-0.15, -0.1) is 0 Å². The topological polar surface area (TPSA) is 44.1 Å². The Bertz CT molecular complexity index is 940. The maximum Gasteiger partial charge on any atom is 0.268 e. The molecular weight excluding hydrogens is 375 g/mol. The summed E-state index contributed by atoms with van der Waals surface area (Å²) in [6.45, 7) is 0.251. The molecule has 3 rings (SSSR count). The van der Waals surface area contributed by atoms with Crippen LogP contribution in [0.1, 0.15) is 5.56 Å². The SMILES string of the molecule is COc1cccc(-c2ncn(Cc3cccc(F)c3)c(=O)c2Br)c1. The summed E-state index contributed by atoms with van der Waals surface area (Å²) < 4.78 is 20.3. The lowest BCUT2D eigenvalue weighted by Crippen LogP contribution is -2.22. The summed E-state index contributed by atoms with van der Waals surface area (Å²) in [5.41, 5.74) is 1.78. The van der Waals surface area contributed by atoms with E-state index in [-0.39, 0.29) is 17.9 Å².